The second-order valence-corrected chi connectivity index (χ2v) is 7.23. The number of hydrogen-bond donors (Lipinski definition) is 1. The van der Waals surface area contributed by atoms with Crippen molar-refractivity contribution >= 4 is 23.6 Å². The highest BCUT2D eigenvalue weighted by Gasteiger charge is 2.19. The molecular weight excluding hydrogens is 260 g/mol. The van der Waals surface area contributed by atoms with E-state index in [2.05, 4.69) is 49.8 Å². The summed E-state index contributed by atoms with van der Waals surface area (Å²) in [6.45, 7) is 10.6. The molecule has 18 heavy (non-hydrogen) atoms. The van der Waals surface area contributed by atoms with Gasteiger partial charge in [-0.25, -0.2) is 4.98 Å². The molecule has 2 nitrogen and oxygen atoms in total. The van der Waals surface area contributed by atoms with Crippen LogP contribution in [0.3, 0.4) is 0 Å². The molecule has 0 radical (unpaired) electrons. The van der Waals surface area contributed by atoms with Crippen molar-refractivity contribution in [2.24, 2.45) is 0 Å². The predicted molar refractivity (Wildman–Crippen MR) is 80.9 cm³/mol. The second-order valence-electron chi connectivity index (χ2n) is 5.55. The zero-order valence-corrected chi connectivity index (χ0v) is 13.1. The van der Waals surface area contributed by atoms with Gasteiger partial charge < -0.3 is 4.98 Å². The molecule has 1 N–H and O–H groups in total. The van der Waals surface area contributed by atoms with E-state index in [4.69, 9.17) is 12.2 Å². The standard InChI is InChI=1S/C14H18N2S2/c1-8-6-7-10(18-8)11-9(2)12(17)16-13(15-11)14(3,4)5/h6-7H,1-5H3,(H,15,16,17). The van der Waals surface area contributed by atoms with E-state index in [0.717, 1.165) is 17.1 Å². The summed E-state index contributed by atoms with van der Waals surface area (Å²) >= 11 is 7.16. The van der Waals surface area contributed by atoms with E-state index in [0.29, 0.717) is 4.64 Å². The largest absolute Gasteiger partial charge is 0.342 e. The fourth-order valence-corrected chi connectivity index (χ4v) is 2.82. The van der Waals surface area contributed by atoms with Gasteiger partial charge in [-0.05, 0) is 26.0 Å². The summed E-state index contributed by atoms with van der Waals surface area (Å²) in [4.78, 5) is 10.5. The van der Waals surface area contributed by atoms with Gasteiger partial charge in [-0.15, -0.1) is 11.3 Å². The van der Waals surface area contributed by atoms with Crippen molar-refractivity contribution in [1.29, 1.82) is 0 Å². The summed E-state index contributed by atoms with van der Waals surface area (Å²) in [5.74, 6) is 0.944. The van der Waals surface area contributed by atoms with Crippen LogP contribution in [0.4, 0.5) is 0 Å². The van der Waals surface area contributed by atoms with E-state index in [-0.39, 0.29) is 5.41 Å². The van der Waals surface area contributed by atoms with Crippen LogP contribution in [-0.4, -0.2) is 9.97 Å². The summed E-state index contributed by atoms with van der Waals surface area (Å²) < 4.78 is 0.694. The average Bonchev–Trinajstić information content (AvgIpc) is 2.67. The van der Waals surface area contributed by atoms with Gasteiger partial charge in [0.15, 0.2) is 0 Å². The van der Waals surface area contributed by atoms with E-state index in [1.165, 1.54) is 9.75 Å². The highest BCUT2D eigenvalue weighted by molar-refractivity contribution is 7.71. The van der Waals surface area contributed by atoms with Crippen molar-refractivity contribution in [2.45, 2.75) is 40.0 Å². The minimum absolute atomic E-state index is 0.0255. The third-order valence-corrected chi connectivity index (χ3v) is 4.27. The first-order chi connectivity index (χ1) is 8.29. The first-order valence-electron chi connectivity index (χ1n) is 5.97. The van der Waals surface area contributed by atoms with Gasteiger partial charge >= 0.3 is 0 Å². The maximum atomic E-state index is 5.38. The van der Waals surface area contributed by atoms with Gasteiger partial charge in [-0.2, -0.15) is 0 Å². The Morgan fingerprint density at radius 1 is 1.22 bits per heavy atom. The van der Waals surface area contributed by atoms with Crippen molar-refractivity contribution in [2.75, 3.05) is 0 Å². The molecule has 0 saturated heterocycles. The monoisotopic (exact) mass is 278 g/mol. The molecule has 2 aromatic heterocycles. The van der Waals surface area contributed by atoms with Crippen LogP contribution in [0.15, 0.2) is 12.1 Å². The van der Waals surface area contributed by atoms with Crippen LogP contribution in [-0.2, 0) is 5.41 Å². The van der Waals surface area contributed by atoms with Crippen molar-refractivity contribution < 1.29 is 0 Å². The molecule has 0 spiro atoms. The zero-order valence-electron chi connectivity index (χ0n) is 11.4. The summed E-state index contributed by atoms with van der Waals surface area (Å²) in [5, 5.41) is 0. The molecule has 2 aromatic rings. The summed E-state index contributed by atoms with van der Waals surface area (Å²) in [6.07, 6.45) is 0. The smallest absolute Gasteiger partial charge is 0.133 e. The molecular formula is C14H18N2S2. The maximum absolute atomic E-state index is 5.38. The Kier molecular flexibility index (Phi) is 3.43. The van der Waals surface area contributed by atoms with Crippen LogP contribution in [0.5, 0.6) is 0 Å². The molecule has 0 fully saturated rings. The quantitative estimate of drug-likeness (QED) is 0.760. The summed E-state index contributed by atoms with van der Waals surface area (Å²) in [6, 6.07) is 4.27. The Bertz CT molecular complexity index is 630. The Morgan fingerprint density at radius 2 is 1.89 bits per heavy atom. The van der Waals surface area contributed by atoms with E-state index < -0.39 is 0 Å². The van der Waals surface area contributed by atoms with Gasteiger partial charge in [0.1, 0.15) is 10.5 Å². The van der Waals surface area contributed by atoms with E-state index >= 15 is 0 Å². The molecule has 0 bridgehead atoms. The number of aryl methyl sites for hydroxylation is 1. The van der Waals surface area contributed by atoms with Crippen molar-refractivity contribution in [3.8, 4) is 10.6 Å². The molecule has 0 atom stereocenters. The molecule has 2 heterocycles. The number of rotatable bonds is 1. The zero-order chi connectivity index (χ0) is 13.5. The average molecular weight is 278 g/mol. The minimum atomic E-state index is -0.0255. The molecule has 0 amide bonds. The number of hydrogen-bond acceptors (Lipinski definition) is 3. The van der Waals surface area contributed by atoms with Gasteiger partial charge in [-0.3, -0.25) is 0 Å². The van der Waals surface area contributed by atoms with E-state index in [1.54, 1.807) is 11.3 Å². The van der Waals surface area contributed by atoms with Crippen LogP contribution < -0.4 is 0 Å². The lowest BCUT2D eigenvalue weighted by Gasteiger charge is -2.19. The number of H-pyrrole nitrogens is 1. The normalized spacial score (nSPS) is 11.8. The van der Waals surface area contributed by atoms with E-state index in [1.807, 2.05) is 6.92 Å². The topological polar surface area (TPSA) is 28.7 Å². The first kappa shape index (κ1) is 13.4. The Hall–Kier alpha value is -1.00. The highest BCUT2D eigenvalue weighted by Crippen LogP contribution is 2.30. The Balaban J connectivity index is 2.67. The van der Waals surface area contributed by atoms with E-state index in [9.17, 15) is 0 Å². The van der Waals surface area contributed by atoms with Crippen molar-refractivity contribution in [3.05, 3.63) is 33.0 Å². The van der Waals surface area contributed by atoms with Gasteiger partial charge in [0, 0.05) is 15.9 Å². The molecule has 0 aliphatic heterocycles. The van der Waals surface area contributed by atoms with Gasteiger partial charge in [0.25, 0.3) is 0 Å². The third kappa shape index (κ3) is 2.54. The molecule has 0 aliphatic rings. The number of nitrogens with zero attached hydrogens (tertiary/aromatic N) is 1. The number of nitrogens with one attached hydrogen (secondary N) is 1. The minimum Gasteiger partial charge on any atom is -0.342 e. The number of thiophene rings is 1. The van der Waals surface area contributed by atoms with Gasteiger partial charge in [0.2, 0.25) is 0 Å². The molecule has 0 aliphatic carbocycles. The van der Waals surface area contributed by atoms with Crippen molar-refractivity contribution in [1.82, 2.24) is 9.97 Å². The van der Waals surface area contributed by atoms with Crippen LogP contribution in [0.25, 0.3) is 10.6 Å². The lowest BCUT2D eigenvalue weighted by Crippen LogP contribution is -2.17. The van der Waals surface area contributed by atoms with Gasteiger partial charge in [-0.1, -0.05) is 33.0 Å². The van der Waals surface area contributed by atoms with Crippen LogP contribution in [0, 0.1) is 18.5 Å². The molecule has 96 valence electrons. The van der Waals surface area contributed by atoms with Crippen LogP contribution in [0.2, 0.25) is 0 Å². The molecule has 4 heteroatoms. The molecule has 2 rings (SSSR count). The summed E-state index contributed by atoms with van der Waals surface area (Å²) in [7, 11) is 0. The highest BCUT2D eigenvalue weighted by atomic mass is 32.1. The fourth-order valence-electron chi connectivity index (χ4n) is 1.70. The van der Waals surface area contributed by atoms with Crippen LogP contribution in [0.1, 0.15) is 37.0 Å². The lowest BCUT2D eigenvalue weighted by atomic mass is 9.95. The van der Waals surface area contributed by atoms with Crippen LogP contribution >= 0.6 is 23.6 Å². The fraction of sp³-hybridized carbons (Fsp3) is 0.429. The number of aromatic amines is 1. The third-order valence-electron chi connectivity index (χ3n) is 2.85. The lowest BCUT2D eigenvalue weighted by molar-refractivity contribution is 0.544. The molecule has 0 aromatic carbocycles. The van der Waals surface area contributed by atoms with Gasteiger partial charge in [0.05, 0.1) is 10.6 Å². The molecule has 0 unspecified atom stereocenters. The van der Waals surface area contributed by atoms with Crippen molar-refractivity contribution in [3.63, 3.8) is 0 Å². The predicted octanol–water partition coefficient (Wildman–Crippen LogP) is 4.78. The summed E-state index contributed by atoms with van der Waals surface area (Å²) in [5.41, 5.74) is 2.14. The molecule has 0 saturated carbocycles. The Morgan fingerprint density at radius 3 is 2.39 bits per heavy atom. The second kappa shape index (κ2) is 4.59. The first-order valence-corrected chi connectivity index (χ1v) is 7.20. The maximum Gasteiger partial charge on any atom is 0.133 e. The Labute approximate surface area is 117 Å². The number of aromatic nitrogens is 2. The SMILES string of the molecule is Cc1ccc(-c2[nH]c(C(C)(C)C)nc(=S)c2C)s1.